The Kier molecular flexibility index (Phi) is 8.37. The fourth-order valence-corrected chi connectivity index (χ4v) is 6.84. The maximum atomic E-state index is 13.6. The van der Waals surface area contributed by atoms with Crippen LogP contribution in [-0.4, -0.2) is 80.8 Å². The number of hydrogen-bond donors (Lipinski definition) is 1. The van der Waals surface area contributed by atoms with Crippen LogP contribution in [0.1, 0.15) is 41.8 Å². The molecule has 6 rings (SSSR count). The first kappa shape index (κ1) is 29.8. The highest BCUT2D eigenvalue weighted by Crippen LogP contribution is 2.39. The van der Waals surface area contributed by atoms with E-state index >= 15 is 0 Å². The van der Waals surface area contributed by atoms with E-state index in [9.17, 15) is 18.0 Å². The minimum atomic E-state index is -4.71. The highest BCUT2D eigenvalue weighted by molar-refractivity contribution is 5.73. The third kappa shape index (κ3) is 6.04. The van der Waals surface area contributed by atoms with Gasteiger partial charge >= 0.3 is 6.18 Å². The van der Waals surface area contributed by atoms with Crippen molar-refractivity contribution in [2.75, 3.05) is 26.7 Å². The van der Waals surface area contributed by atoms with E-state index in [1.165, 1.54) is 17.2 Å². The first-order chi connectivity index (χ1) is 21.2. The van der Waals surface area contributed by atoms with E-state index < -0.39 is 12.0 Å². The normalized spacial score (nSPS) is 20.9. The van der Waals surface area contributed by atoms with Gasteiger partial charge in [0.05, 0.1) is 12.8 Å². The van der Waals surface area contributed by atoms with Crippen molar-refractivity contribution in [1.29, 1.82) is 0 Å². The lowest BCUT2D eigenvalue weighted by Crippen LogP contribution is -2.61. The summed E-state index contributed by atoms with van der Waals surface area (Å²) in [6, 6.07) is 25.8. The monoisotopic (exact) mass is 605 g/mol. The molecule has 0 radical (unpaired) electrons. The number of nitrogens with one attached hydrogen (secondary N) is 1. The van der Waals surface area contributed by atoms with Crippen molar-refractivity contribution in [1.82, 2.24) is 35.3 Å². The van der Waals surface area contributed by atoms with Gasteiger partial charge in [-0.15, -0.1) is 5.10 Å². The number of fused-ring (bicyclic) bond motifs is 1. The highest BCUT2D eigenvalue weighted by Gasteiger charge is 2.46. The number of rotatable bonds is 8. The van der Waals surface area contributed by atoms with E-state index in [0.717, 1.165) is 13.0 Å². The SMILES string of the molecule is COc1ccc(-n2nnnc2C(F)(F)F)cc1CN1C[C@@H]2[C@H](NC(C)=O)CCN2[C@H](C(c2ccccc2)c2ccccc2)C1. The smallest absolute Gasteiger partial charge is 0.453 e. The van der Waals surface area contributed by atoms with E-state index in [-0.39, 0.29) is 35.6 Å². The van der Waals surface area contributed by atoms with Crippen LogP contribution in [0.4, 0.5) is 13.2 Å². The number of nitrogens with zero attached hydrogens (tertiary/aromatic N) is 6. The van der Waals surface area contributed by atoms with Crippen molar-refractivity contribution < 1.29 is 22.7 Å². The molecule has 2 aliphatic heterocycles. The molecule has 2 saturated heterocycles. The first-order valence-electron chi connectivity index (χ1n) is 14.6. The lowest BCUT2D eigenvalue weighted by molar-refractivity contribution is -0.146. The second-order valence-electron chi connectivity index (χ2n) is 11.4. The Labute approximate surface area is 253 Å². The number of carbonyl (C=O) groups excluding carboxylic acids is 1. The van der Waals surface area contributed by atoms with Crippen molar-refractivity contribution in [2.45, 2.75) is 50.1 Å². The number of halogens is 3. The van der Waals surface area contributed by atoms with Crippen LogP contribution < -0.4 is 10.1 Å². The van der Waals surface area contributed by atoms with Crippen molar-refractivity contribution in [3.63, 3.8) is 0 Å². The Morgan fingerprint density at radius 1 is 1.02 bits per heavy atom. The number of amides is 1. The van der Waals surface area contributed by atoms with Crippen LogP contribution in [0.25, 0.3) is 5.69 Å². The van der Waals surface area contributed by atoms with E-state index in [1.807, 2.05) is 12.1 Å². The largest absolute Gasteiger partial charge is 0.496 e. The summed E-state index contributed by atoms with van der Waals surface area (Å²) < 4.78 is 47.2. The Bertz CT molecular complexity index is 1540. The summed E-state index contributed by atoms with van der Waals surface area (Å²) in [5.74, 6) is -0.645. The molecule has 4 aromatic rings. The number of piperazine rings is 1. The fraction of sp³-hybridized carbons (Fsp3) is 0.375. The molecule has 9 nitrogen and oxygen atoms in total. The summed E-state index contributed by atoms with van der Waals surface area (Å²) in [5, 5.41) is 13.3. The summed E-state index contributed by atoms with van der Waals surface area (Å²) in [5.41, 5.74) is 3.30. The molecule has 1 aromatic heterocycles. The zero-order valence-corrected chi connectivity index (χ0v) is 24.5. The Morgan fingerprint density at radius 2 is 1.70 bits per heavy atom. The molecule has 0 saturated carbocycles. The van der Waals surface area contributed by atoms with E-state index in [2.05, 4.69) is 79.2 Å². The summed E-state index contributed by atoms with van der Waals surface area (Å²) >= 11 is 0. The average Bonchev–Trinajstić information content (AvgIpc) is 3.67. The number of methoxy groups -OCH3 is 1. The maximum Gasteiger partial charge on any atom is 0.453 e. The number of carbonyl (C=O) groups is 1. The molecule has 1 N–H and O–H groups in total. The standard InChI is InChI=1S/C32H34F3N7O2/c1-21(43)36-26-15-16-41-27(26)19-40(20-28(41)30(22-9-5-3-6-10-22)23-11-7-4-8-12-23)18-24-17-25(13-14-29(24)44-2)42-31(32(33,34)35)37-38-39-42/h3-14,17,26-28,30H,15-16,18-20H2,1-2H3,(H,36,43)/t26-,27-,28+/m1/s1. The van der Waals surface area contributed by atoms with Gasteiger partial charge in [0.1, 0.15) is 5.75 Å². The van der Waals surface area contributed by atoms with Crippen molar-refractivity contribution in [2.24, 2.45) is 0 Å². The van der Waals surface area contributed by atoms with Crippen molar-refractivity contribution in [3.8, 4) is 11.4 Å². The predicted octanol–water partition coefficient (Wildman–Crippen LogP) is 4.29. The van der Waals surface area contributed by atoms with Crippen LogP contribution in [0.3, 0.4) is 0 Å². The molecule has 12 heteroatoms. The number of aromatic nitrogens is 4. The molecule has 2 fully saturated rings. The van der Waals surface area contributed by atoms with Crippen LogP contribution in [0.2, 0.25) is 0 Å². The second kappa shape index (κ2) is 12.4. The van der Waals surface area contributed by atoms with E-state index in [1.54, 1.807) is 26.2 Å². The molecule has 230 valence electrons. The topological polar surface area (TPSA) is 88.4 Å². The number of ether oxygens (including phenoxy) is 1. The second-order valence-corrected chi connectivity index (χ2v) is 11.4. The van der Waals surface area contributed by atoms with Gasteiger partial charge in [0.15, 0.2) is 0 Å². The minimum absolute atomic E-state index is 0.0196. The third-order valence-corrected chi connectivity index (χ3v) is 8.62. The molecule has 3 atom stereocenters. The highest BCUT2D eigenvalue weighted by atomic mass is 19.4. The van der Waals surface area contributed by atoms with Crippen LogP contribution >= 0.6 is 0 Å². The van der Waals surface area contributed by atoms with Gasteiger partial charge in [0, 0.05) is 62.7 Å². The van der Waals surface area contributed by atoms with Gasteiger partial charge in [0.2, 0.25) is 5.91 Å². The average molecular weight is 606 g/mol. The number of alkyl halides is 3. The zero-order chi connectivity index (χ0) is 30.8. The molecule has 3 heterocycles. The van der Waals surface area contributed by atoms with E-state index in [4.69, 9.17) is 4.74 Å². The minimum Gasteiger partial charge on any atom is -0.496 e. The van der Waals surface area contributed by atoms with Gasteiger partial charge in [0.25, 0.3) is 5.82 Å². The molecular formula is C32H34F3N7O2. The third-order valence-electron chi connectivity index (χ3n) is 8.62. The summed E-state index contributed by atoms with van der Waals surface area (Å²) in [7, 11) is 1.54. The Hall–Kier alpha value is -4.29. The van der Waals surface area contributed by atoms with Crippen LogP contribution in [0.5, 0.6) is 5.75 Å². The van der Waals surface area contributed by atoms with Gasteiger partial charge < -0.3 is 10.1 Å². The summed E-state index contributed by atoms with van der Waals surface area (Å²) in [6.07, 6.45) is -3.87. The maximum absolute atomic E-state index is 13.6. The van der Waals surface area contributed by atoms with Crippen molar-refractivity contribution >= 4 is 5.91 Å². The number of hydrogen-bond acceptors (Lipinski definition) is 7. The molecule has 44 heavy (non-hydrogen) atoms. The quantitative estimate of drug-likeness (QED) is 0.321. The molecule has 0 unspecified atom stereocenters. The summed E-state index contributed by atoms with van der Waals surface area (Å²) in [4.78, 5) is 17.0. The van der Waals surface area contributed by atoms with Gasteiger partial charge in [-0.1, -0.05) is 60.7 Å². The summed E-state index contributed by atoms with van der Waals surface area (Å²) in [6.45, 7) is 4.18. The lowest BCUT2D eigenvalue weighted by Gasteiger charge is -2.48. The molecule has 0 spiro atoms. The first-order valence-corrected chi connectivity index (χ1v) is 14.6. The molecular weight excluding hydrogens is 571 g/mol. The number of tetrazole rings is 1. The molecule has 0 aliphatic carbocycles. The van der Waals surface area contributed by atoms with Crippen LogP contribution in [0.15, 0.2) is 78.9 Å². The number of benzene rings is 3. The lowest BCUT2D eigenvalue weighted by atomic mass is 9.82. The molecule has 1 amide bonds. The van der Waals surface area contributed by atoms with Gasteiger partial charge in [-0.25, -0.2) is 0 Å². The van der Waals surface area contributed by atoms with Gasteiger partial charge in [-0.2, -0.15) is 17.9 Å². The molecule has 3 aromatic carbocycles. The van der Waals surface area contributed by atoms with Crippen LogP contribution in [0, 0.1) is 0 Å². The van der Waals surface area contributed by atoms with Gasteiger partial charge in [-0.05, 0) is 46.2 Å². The van der Waals surface area contributed by atoms with E-state index in [0.29, 0.717) is 35.6 Å². The fourth-order valence-electron chi connectivity index (χ4n) is 6.84. The Balaban J connectivity index is 1.38. The molecule has 0 bridgehead atoms. The van der Waals surface area contributed by atoms with Crippen LogP contribution in [-0.2, 0) is 17.5 Å². The zero-order valence-electron chi connectivity index (χ0n) is 24.5. The predicted molar refractivity (Wildman–Crippen MR) is 157 cm³/mol. The molecule has 2 aliphatic rings. The van der Waals surface area contributed by atoms with Gasteiger partial charge in [-0.3, -0.25) is 14.6 Å². The van der Waals surface area contributed by atoms with Crippen molar-refractivity contribution in [3.05, 3.63) is 101 Å². The Morgan fingerprint density at radius 3 is 2.32 bits per heavy atom.